The molecule has 39 heavy (non-hydrogen) atoms. The minimum atomic E-state index is -0.201. The number of hydrogen-bond donors (Lipinski definition) is 2. The molecule has 2 aliphatic rings. The Morgan fingerprint density at radius 2 is 1.92 bits per heavy atom. The van der Waals surface area contributed by atoms with Crippen molar-refractivity contribution < 1.29 is 9.59 Å². The Morgan fingerprint density at radius 3 is 2.72 bits per heavy atom. The standard InChI is InChI=1S/C29H30ClN7O2/c1-2-37(20-11-13-36(14-12-20)27-25-26(32-16-31-25)33-17-34-27)29(39)19-8-7-18-9-10-24(22(18)15-19)35-28(38)21-5-3-4-6-23(21)30/h3-8,15-17,20,24H,2,9-14H2,1H3,(H,35,38)(H,31,32,33,34)/t24-/m1/s1. The van der Waals surface area contributed by atoms with Gasteiger partial charge in [0.2, 0.25) is 0 Å². The molecular formula is C29H30ClN7O2. The lowest BCUT2D eigenvalue weighted by atomic mass is 9.99. The molecule has 1 fully saturated rings. The molecule has 1 aliphatic carbocycles. The normalized spacial score (nSPS) is 17.3. The van der Waals surface area contributed by atoms with Crippen LogP contribution in [0.15, 0.2) is 55.1 Å². The summed E-state index contributed by atoms with van der Waals surface area (Å²) in [6.45, 7) is 4.24. The van der Waals surface area contributed by atoms with Gasteiger partial charge in [-0.15, -0.1) is 0 Å². The van der Waals surface area contributed by atoms with Crippen LogP contribution in [-0.4, -0.2) is 62.3 Å². The number of imidazole rings is 1. The van der Waals surface area contributed by atoms with Crippen molar-refractivity contribution in [1.29, 1.82) is 0 Å². The van der Waals surface area contributed by atoms with E-state index < -0.39 is 0 Å². The Morgan fingerprint density at radius 1 is 1.10 bits per heavy atom. The van der Waals surface area contributed by atoms with Crippen molar-refractivity contribution in [3.05, 3.63) is 82.4 Å². The van der Waals surface area contributed by atoms with Crippen molar-refractivity contribution in [3.8, 4) is 0 Å². The number of nitrogens with zero attached hydrogens (tertiary/aromatic N) is 5. The molecule has 4 aromatic rings. The Bertz CT molecular complexity index is 1530. The summed E-state index contributed by atoms with van der Waals surface area (Å²) < 4.78 is 0. The first-order chi connectivity index (χ1) is 19.0. The van der Waals surface area contributed by atoms with Gasteiger partial charge in [0.05, 0.1) is 23.0 Å². The number of carbonyl (C=O) groups is 2. The molecular weight excluding hydrogens is 514 g/mol. The zero-order valence-corrected chi connectivity index (χ0v) is 22.5. The lowest BCUT2D eigenvalue weighted by Crippen LogP contribution is -2.47. The number of halogens is 1. The van der Waals surface area contributed by atoms with Gasteiger partial charge >= 0.3 is 0 Å². The Kier molecular flexibility index (Phi) is 6.91. The van der Waals surface area contributed by atoms with Crippen molar-refractivity contribution in [2.75, 3.05) is 24.5 Å². The highest BCUT2D eigenvalue weighted by Gasteiger charge is 2.31. The van der Waals surface area contributed by atoms with Gasteiger partial charge in [0.1, 0.15) is 11.8 Å². The van der Waals surface area contributed by atoms with Gasteiger partial charge in [-0.05, 0) is 68.0 Å². The lowest BCUT2D eigenvalue weighted by Gasteiger charge is -2.38. The second-order valence-electron chi connectivity index (χ2n) is 10.1. The van der Waals surface area contributed by atoms with Crippen LogP contribution in [-0.2, 0) is 6.42 Å². The van der Waals surface area contributed by atoms with Crippen LogP contribution in [0.3, 0.4) is 0 Å². The minimum Gasteiger partial charge on any atom is -0.355 e. The molecule has 0 bridgehead atoms. The summed E-state index contributed by atoms with van der Waals surface area (Å²) in [5, 5.41) is 3.55. The third kappa shape index (κ3) is 4.83. The molecule has 2 amide bonds. The molecule has 0 spiro atoms. The predicted octanol–water partition coefficient (Wildman–Crippen LogP) is 4.55. The maximum absolute atomic E-state index is 13.7. The van der Waals surface area contributed by atoms with Gasteiger partial charge < -0.3 is 20.1 Å². The maximum atomic E-state index is 13.7. The summed E-state index contributed by atoms with van der Waals surface area (Å²) in [7, 11) is 0. The number of carbonyl (C=O) groups excluding carboxylic acids is 2. The number of amides is 2. The fourth-order valence-electron chi connectivity index (χ4n) is 5.88. The van der Waals surface area contributed by atoms with Crippen LogP contribution in [0.4, 0.5) is 5.82 Å². The van der Waals surface area contributed by atoms with E-state index >= 15 is 0 Å². The van der Waals surface area contributed by atoms with Crippen LogP contribution < -0.4 is 10.2 Å². The Labute approximate surface area is 231 Å². The number of fused-ring (bicyclic) bond motifs is 2. The number of aromatic amines is 1. The van der Waals surface area contributed by atoms with Gasteiger partial charge in [-0.3, -0.25) is 9.59 Å². The van der Waals surface area contributed by atoms with Gasteiger partial charge in [0.15, 0.2) is 11.5 Å². The molecule has 0 unspecified atom stereocenters. The number of piperidine rings is 1. The number of benzene rings is 2. The van der Waals surface area contributed by atoms with Crippen LogP contribution >= 0.6 is 11.6 Å². The first kappa shape index (κ1) is 25.3. The van der Waals surface area contributed by atoms with E-state index in [0.717, 1.165) is 55.7 Å². The Hall–Kier alpha value is -3.98. The molecule has 10 heteroatoms. The summed E-state index contributed by atoms with van der Waals surface area (Å²) in [5.74, 6) is 0.682. The van der Waals surface area contributed by atoms with Crippen molar-refractivity contribution in [3.63, 3.8) is 0 Å². The summed E-state index contributed by atoms with van der Waals surface area (Å²) >= 11 is 6.24. The molecule has 9 nitrogen and oxygen atoms in total. The molecule has 1 saturated heterocycles. The van der Waals surface area contributed by atoms with Crippen LogP contribution in [0.1, 0.15) is 64.1 Å². The molecule has 6 rings (SSSR count). The zero-order chi connectivity index (χ0) is 26.9. The third-order valence-electron chi connectivity index (χ3n) is 7.90. The number of hydrogen-bond acceptors (Lipinski definition) is 6. The summed E-state index contributed by atoms with van der Waals surface area (Å²) in [4.78, 5) is 46.9. The second kappa shape index (κ2) is 10.6. The molecule has 2 aromatic heterocycles. The maximum Gasteiger partial charge on any atom is 0.254 e. The molecule has 2 N–H and O–H groups in total. The van der Waals surface area contributed by atoms with E-state index in [-0.39, 0.29) is 23.9 Å². The number of aromatic nitrogens is 4. The highest BCUT2D eigenvalue weighted by Crippen LogP contribution is 2.33. The average molecular weight is 544 g/mol. The zero-order valence-electron chi connectivity index (χ0n) is 21.7. The van der Waals surface area contributed by atoms with Gasteiger partial charge in [-0.2, -0.15) is 0 Å². The molecule has 3 heterocycles. The van der Waals surface area contributed by atoms with E-state index in [1.165, 1.54) is 5.56 Å². The van der Waals surface area contributed by atoms with Gasteiger partial charge in [0.25, 0.3) is 11.8 Å². The summed E-state index contributed by atoms with van der Waals surface area (Å²) in [5.41, 5.74) is 4.80. The van der Waals surface area contributed by atoms with E-state index in [4.69, 9.17) is 11.6 Å². The summed E-state index contributed by atoms with van der Waals surface area (Å²) in [6, 6.07) is 13.0. The lowest BCUT2D eigenvalue weighted by molar-refractivity contribution is 0.0663. The van der Waals surface area contributed by atoms with E-state index in [1.54, 1.807) is 36.9 Å². The quantitative estimate of drug-likeness (QED) is 0.369. The Balaban J connectivity index is 1.15. The number of rotatable bonds is 6. The fourth-order valence-corrected chi connectivity index (χ4v) is 6.10. The van der Waals surface area contributed by atoms with Gasteiger partial charge in [-0.25, -0.2) is 15.0 Å². The van der Waals surface area contributed by atoms with Crippen LogP contribution in [0, 0.1) is 0 Å². The van der Waals surface area contributed by atoms with Crippen LogP contribution in [0.25, 0.3) is 11.2 Å². The SMILES string of the molecule is CCN(C(=O)c1ccc2c(c1)[C@H](NC(=O)c1ccccc1Cl)CC2)C1CCN(c2ncnc3nc[nH]c23)CC1. The molecule has 1 atom stereocenters. The van der Waals surface area contributed by atoms with Gasteiger partial charge in [-0.1, -0.05) is 29.8 Å². The number of anilines is 1. The highest BCUT2D eigenvalue weighted by molar-refractivity contribution is 6.33. The third-order valence-corrected chi connectivity index (χ3v) is 8.23. The predicted molar refractivity (Wildman–Crippen MR) is 150 cm³/mol. The smallest absolute Gasteiger partial charge is 0.254 e. The largest absolute Gasteiger partial charge is 0.355 e. The highest BCUT2D eigenvalue weighted by atomic mass is 35.5. The van der Waals surface area contributed by atoms with E-state index in [2.05, 4.69) is 30.2 Å². The van der Waals surface area contributed by atoms with E-state index in [9.17, 15) is 9.59 Å². The average Bonchev–Trinajstić information content (AvgIpc) is 3.61. The van der Waals surface area contributed by atoms with Crippen molar-refractivity contribution >= 4 is 40.4 Å². The molecule has 1 aliphatic heterocycles. The number of aryl methyl sites for hydroxylation is 1. The molecule has 2 aromatic carbocycles. The summed E-state index contributed by atoms with van der Waals surface area (Å²) in [6.07, 6.45) is 6.54. The first-order valence-corrected chi connectivity index (χ1v) is 13.8. The first-order valence-electron chi connectivity index (χ1n) is 13.4. The topological polar surface area (TPSA) is 107 Å². The minimum absolute atomic E-state index is 0.0276. The van der Waals surface area contributed by atoms with Crippen molar-refractivity contribution in [1.82, 2.24) is 30.2 Å². The monoisotopic (exact) mass is 543 g/mol. The van der Waals surface area contributed by atoms with E-state index in [0.29, 0.717) is 28.3 Å². The number of nitrogens with one attached hydrogen (secondary N) is 2. The molecule has 0 saturated carbocycles. The van der Waals surface area contributed by atoms with Crippen molar-refractivity contribution in [2.45, 2.75) is 44.7 Å². The second-order valence-corrected chi connectivity index (χ2v) is 10.5. The molecule has 0 radical (unpaired) electrons. The molecule has 200 valence electrons. The van der Waals surface area contributed by atoms with E-state index in [1.807, 2.05) is 30.0 Å². The van der Waals surface area contributed by atoms with Crippen LogP contribution in [0.5, 0.6) is 0 Å². The van der Waals surface area contributed by atoms with Crippen LogP contribution in [0.2, 0.25) is 5.02 Å². The van der Waals surface area contributed by atoms with Crippen molar-refractivity contribution in [2.24, 2.45) is 0 Å². The fraction of sp³-hybridized carbons (Fsp3) is 0.345. The number of H-pyrrole nitrogens is 1. The van der Waals surface area contributed by atoms with Gasteiger partial charge in [0, 0.05) is 31.2 Å².